The summed E-state index contributed by atoms with van der Waals surface area (Å²) in [6.07, 6.45) is 0. The van der Waals surface area contributed by atoms with Crippen molar-refractivity contribution < 1.29 is 5.11 Å². The third-order valence-electron chi connectivity index (χ3n) is 3.70. The fourth-order valence-corrected chi connectivity index (χ4v) is 2.76. The number of thiocarbonyl (C=S) groups is 1. The lowest BCUT2D eigenvalue weighted by Crippen LogP contribution is -2.50. The van der Waals surface area contributed by atoms with Crippen LogP contribution in [0.4, 0.5) is 5.69 Å². The van der Waals surface area contributed by atoms with Crippen LogP contribution in [0.15, 0.2) is 18.2 Å². The van der Waals surface area contributed by atoms with E-state index in [2.05, 4.69) is 47.2 Å². The van der Waals surface area contributed by atoms with E-state index in [1.807, 2.05) is 0 Å². The zero-order chi connectivity index (χ0) is 14.5. The Kier molecular flexibility index (Phi) is 5.34. The van der Waals surface area contributed by atoms with Crippen molar-refractivity contribution in [2.75, 3.05) is 44.6 Å². The van der Waals surface area contributed by atoms with Crippen LogP contribution in [0.25, 0.3) is 0 Å². The fourth-order valence-electron chi connectivity index (χ4n) is 2.46. The number of nitrogens with zero attached hydrogens (tertiary/aromatic N) is 2. The van der Waals surface area contributed by atoms with E-state index in [1.54, 1.807) is 0 Å². The second-order valence-electron chi connectivity index (χ2n) is 5.30. The molecule has 0 aromatic heterocycles. The summed E-state index contributed by atoms with van der Waals surface area (Å²) in [6.45, 7) is 8.90. The Labute approximate surface area is 126 Å². The van der Waals surface area contributed by atoms with Crippen LogP contribution in [0.3, 0.4) is 0 Å². The van der Waals surface area contributed by atoms with Crippen molar-refractivity contribution in [1.82, 2.24) is 9.80 Å². The lowest BCUT2D eigenvalue weighted by Gasteiger charge is -2.36. The summed E-state index contributed by atoms with van der Waals surface area (Å²) in [5.41, 5.74) is 3.56. The van der Waals surface area contributed by atoms with Gasteiger partial charge in [-0.3, -0.25) is 4.90 Å². The van der Waals surface area contributed by atoms with Crippen molar-refractivity contribution in [2.45, 2.75) is 13.8 Å². The van der Waals surface area contributed by atoms with Gasteiger partial charge in [-0.15, -0.1) is 0 Å². The molecule has 1 aromatic carbocycles. The predicted molar refractivity (Wildman–Crippen MR) is 87.2 cm³/mol. The van der Waals surface area contributed by atoms with Gasteiger partial charge < -0.3 is 15.3 Å². The number of rotatable bonds is 3. The highest BCUT2D eigenvalue weighted by Gasteiger charge is 2.18. The first kappa shape index (κ1) is 15.2. The van der Waals surface area contributed by atoms with Crippen LogP contribution in [-0.4, -0.2) is 59.3 Å². The summed E-state index contributed by atoms with van der Waals surface area (Å²) in [5.74, 6) is 0. The summed E-state index contributed by atoms with van der Waals surface area (Å²) in [6, 6.07) is 6.33. The Morgan fingerprint density at radius 2 is 1.95 bits per heavy atom. The highest BCUT2D eigenvalue weighted by atomic mass is 32.1. The molecule has 0 atom stereocenters. The highest BCUT2D eigenvalue weighted by molar-refractivity contribution is 7.80. The average molecular weight is 293 g/mol. The maximum Gasteiger partial charge on any atom is 0.173 e. The lowest BCUT2D eigenvalue weighted by atomic mass is 10.1. The summed E-state index contributed by atoms with van der Waals surface area (Å²) >= 11 is 5.50. The number of hydrogen-bond donors (Lipinski definition) is 2. The molecule has 0 bridgehead atoms. The van der Waals surface area contributed by atoms with E-state index in [0.717, 1.165) is 43.5 Å². The highest BCUT2D eigenvalue weighted by Crippen LogP contribution is 2.17. The van der Waals surface area contributed by atoms with Crippen molar-refractivity contribution in [2.24, 2.45) is 0 Å². The molecule has 1 aromatic rings. The van der Waals surface area contributed by atoms with E-state index < -0.39 is 0 Å². The summed E-state index contributed by atoms with van der Waals surface area (Å²) < 4.78 is 0. The van der Waals surface area contributed by atoms with Gasteiger partial charge in [-0.2, -0.15) is 0 Å². The van der Waals surface area contributed by atoms with Crippen LogP contribution in [0.2, 0.25) is 0 Å². The van der Waals surface area contributed by atoms with Crippen molar-refractivity contribution >= 4 is 23.0 Å². The second kappa shape index (κ2) is 7.02. The molecule has 1 fully saturated rings. The van der Waals surface area contributed by atoms with Gasteiger partial charge in [0.05, 0.1) is 6.61 Å². The zero-order valence-corrected chi connectivity index (χ0v) is 13.0. The van der Waals surface area contributed by atoms with E-state index in [0.29, 0.717) is 0 Å². The Balaban J connectivity index is 1.89. The summed E-state index contributed by atoms with van der Waals surface area (Å²) in [4.78, 5) is 4.46. The average Bonchev–Trinajstić information content (AvgIpc) is 2.43. The third-order valence-corrected chi connectivity index (χ3v) is 4.06. The smallest absolute Gasteiger partial charge is 0.173 e. The van der Waals surface area contributed by atoms with Crippen LogP contribution < -0.4 is 5.32 Å². The lowest BCUT2D eigenvalue weighted by molar-refractivity contribution is 0.148. The number of piperazine rings is 1. The molecule has 20 heavy (non-hydrogen) atoms. The molecular weight excluding hydrogens is 270 g/mol. The van der Waals surface area contributed by atoms with E-state index >= 15 is 0 Å². The summed E-state index contributed by atoms with van der Waals surface area (Å²) in [5, 5.41) is 13.1. The second-order valence-corrected chi connectivity index (χ2v) is 5.69. The van der Waals surface area contributed by atoms with Crippen LogP contribution in [0.1, 0.15) is 11.1 Å². The first-order valence-corrected chi connectivity index (χ1v) is 7.47. The number of hydrogen-bond acceptors (Lipinski definition) is 3. The molecule has 0 aliphatic carbocycles. The van der Waals surface area contributed by atoms with Crippen molar-refractivity contribution in [3.8, 4) is 0 Å². The van der Waals surface area contributed by atoms with Gasteiger partial charge in [0.15, 0.2) is 5.11 Å². The number of benzene rings is 1. The third kappa shape index (κ3) is 3.91. The number of aliphatic hydroxyl groups is 1. The molecule has 4 nitrogen and oxygen atoms in total. The van der Waals surface area contributed by atoms with Crippen LogP contribution >= 0.6 is 12.2 Å². The number of nitrogens with one attached hydrogen (secondary N) is 1. The van der Waals surface area contributed by atoms with Gasteiger partial charge in [0.25, 0.3) is 0 Å². The number of anilines is 1. The minimum absolute atomic E-state index is 0.227. The van der Waals surface area contributed by atoms with Crippen molar-refractivity contribution in [3.63, 3.8) is 0 Å². The molecular formula is C15H23N3OS. The Morgan fingerprint density at radius 3 is 2.55 bits per heavy atom. The largest absolute Gasteiger partial charge is 0.395 e. The van der Waals surface area contributed by atoms with Gasteiger partial charge >= 0.3 is 0 Å². The summed E-state index contributed by atoms with van der Waals surface area (Å²) in [7, 11) is 0. The van der Waals surface area contributed by atoms with E-state index in [1.165, 1.54) is 11.1 Å². The molecule has 1 heterocycles. The molecule has 0 unspecified atom stereocenters. The zero-order valence-electron chi connectivity index (χ0n) is 12.2. The van der Waals surface area contributed by atoms with Gasteiger partial charge in [0.1, 0.15) is 0 Å². The van der Waals surface area contributed by atoms with E-state index in [-0.39, 0.29) is 6.61 Å². The van der Waals surface area contributed by atoms with Gasteiger partial charge in [-0.25, -0.2) is 0 Å². The Morgan fingerprint density at radius 1 is 1.25 bits per heavy atom. The quantitative estimate of drug-likeness (QED) is 0.829. The van der Waals surface area contributed by atoms with Crippen molar-refractivity contribution in [1.29, 1.82) is 0 Å². The minimum atomic E-state index is 0.227. The SMILES string of the molecule is Cc1ccc(NC(=S)N2CCN(CCO)CC2)c(C)c1. The molecule has 1 saturated heterocycles. The fraction of sp³-hybridized carbons (Fsp3) is 0.533. The molecule has 0 radical (unpaired) electrons. The van der Waals surface area contributed by atoms with Gasteiger partial charge in [-0.1, -0.05) is 17.7 Å². The number of aryl methyl sites for hydroxylation is 2. The van der Waals surface area contributed by atoms with Crippen LogP contribution in [0.5, 0.6) is 0 Å². The van der Waals surface area contributed by atoms with E-state index in [4.69, 9.17) is 17.3 Å². The molecule has 2 N–H and O–H groups in total. The molecule has 1 aliphatic heterocycles. The normalized spacial score (nSPS) is 16.2. The monoisotopic (exact) mass is 293 g/mol. The maximum atomic E-state index is 8.95. The first-order chi connectivity index (χ1) is 9.60. The molecule has 0 saturated carbocycles. The Bertz CT molecular complexity index is 470. The van der Waals surface area contributed by atoms with E-state index in [9.17, 15) is 0 Å². The molecule has 1 aliphatic rings. The Hall–Kier alpha value is -1.17. The molecule has 0 spiro atoms. The maximum absolute atomic E-state index is 8.95. The van der Waals surface area contributed by atoms with Gasteiger partial charge in [0.2, 0.25) is 0 Å². The molecule has 110 valence electrons. The predicted octanol–water partition coefficient (Wildman–Crippen LogP) is 1.61. The van der Waals surface area contributed by atoms with Crippen molar-refractivity contribution in [3.05, 3.63) is 29.3 Å². The topological polar surface area (TPSA) is 38.7 Å². The molecule has 5 heteroatoms. The van der Waals surface area contributed by atoms with Crippen LogP contribution in [0, 0.1) is 13.8 Å². The van der Waals surface area contributed by atoms with Gasteiger partial charge in [-0.05, 0) is 37.7 Å². The van der Waals surface area contributed by atoms with Gasteiger partial charge in [0, 0.05) is 38.4 Å². The minimum Gasteiger partial charge on any atom is -0.395 e. The molecule has 2 rings (SSSR count). The van der Waals surface area contributed by atoms with Crippen LogP contribution in [-0.2, 0) is 0 Å². The first-order valence-electron chi connectivity index (χ1n) is 7.06. The standard InChI is InChI=1S/C15H23N3OS/c1-12-3-4-14(13(2)11-12)16-15(20)18-7-5-17(6-8-18)9-10-19/h3-4,11,19H,5-10H2,1-2H3,(H,16,20). The number of β-amino-alcohol motifs (C(OH)–C–C–N with tert-alkyl or cyclic N) is 1. The number of aliphatic hydroxyl groups excluding tert-OH is 1. The molecule has 0 amide bonds.